The Morgan fingerprint density at radius 2 is 0.793 bits per heavy atom. The van der Waals surface area contributed by atoms with E-state index in [2.05, 4.69) is 76.6 Å². The average Bonchev–Trinajstić information content (AvgIpc) is 3.24. The Bertz CT molecular complexity index is 2110. The number of rotatable bonds is 16. The minimum atomic E-state index is -1.39. The summed E-state index contributed by atoms with van der Waals surface area (Å²) in [6.45, 7) is 1.03. The van der Waals surface area contributed by atoms with E-state index in [0.717, 1.165) is 52.4 Å². The number of phenolic OH excluding ortho intramolecular Hbond substituents is 2. The van der Waals surface area contributed by atoms with E-state index >= 15 is 0 Å². The summed E-state index contributed by atoms with van der Waals surface area (Å²) >= 11 is 3.41. The number of aromatic hydroxyl groups is 2. The van der Waals surface area contributed by atoms with Gasteiger partial charge >= 0.3 is 7.12 Å². The normalized spacial score (nSPS) is 10.4. The molecule has 0 spiro atoms. The number of hydrogen-bond donors (Lipinski definition) is 6. The van der Waals surface area contributed by atoms with E-state index in [1.54, 1.807) is 72.8 Å². The summed E-state index contributed by atoms with van der Waals surface area (Å²) in [7, 11) is -1.39. The Morgan fingerprint density at radius 3 is 1.16 bits per heavy atom. The lowest BCUT2D eigenvalue weighted by atomic mass is 9.80. The van der Waals surface area contributed by atoms with Crippen LogP contribution in [-0.2, 0) is 48.4 Å². The number of carbonyl (C=O) groups is 2. The lowest BCUT2D eigenvalue weighted by Crippen LogP contribution is -2.29. The molecule has 0 aromatic heterocycles. The molecule has 0 bridgehead atoms. The van der Waals surface area contributed by atoms with E-state index in [0.29, 0.717) is 44.2 Å². The SMILES string of the molecule is NCc1ccc(-c2ccc(CCCC(=O)Cc3ccc(O)cc3)cc2)cc1.NCc1ccc(B(O)O)cc1.O=C(CCCc1ccc(Br)cc1)Cc1ccc(O)cc1. The number of hydrogen-bond acceptors (Lipinski definition) is 8. The van der Waals surface area contributed by atoms with E-state index < -0.39 is 7.12 Å². The van der Waals surface area contributed by atoms with Crippen LogP contribution in [0.2, 0.25) is 0 Å². The molecule has 0 aliphatic rings. The zero-order chi connectivity index (χ0) is 41.7. The fraction of sp³-hybridized carbons (Fsp3) is 0.208. The Morgan fingerprint density at radius 1 is 0.466 bits per heavy atom. The molecule has 0 amide bonds. The number of ketones is 2. The van der Waals surface area contributed by atoms with Gasteiger partial charge in [-0.1, -0.05) is 125 Å². The number of carbonyl (C=O) groups excluding carboxylic acids is 2. The summed E-state index contributed by atoms with van der Waals surface area (Å²) in [4.78, 5) is 24.0. The number of halogens is 1. The maximum absolute atomic E-state index is 12.1. The third-order valence-electron chi connectivity index (χ3n) is 9.42. The molecule has 300 valence electrons. The first-order valence-corrected chi connectivity index (χ1v) is 20.2. The van der Waals surface area contributed by atoms with Crippen molar-refractivity contribution in [2.24, 2.45) is 11.5 Å². The molecule has 0 unspecified atom stereocenters. The molecule has 0 fully saturated rings. The van der Waals surface area contributed by atoms with Crippen molar-refractivity contribution < 1.29 is 29.9 Å². The van der Waals surface area contributed by atoms with Crippen molar-refractivity contribution in [1.82, 2.24) is 0 Å². The second-order valence-corrected chi connectivity index (χ2v) is 14.9. The molecule has 0 heterocycles. The summed E-state index contributed by atoms with van der Waals surface area (Å²) in [5, 5.41) is 35.9. The van der Waals surface area contributed by atoms with Gasteiger partial charge in [-0.15, -0.1) is 0 Å². The summed E-state index contributed by atoms with van der Waals surface area (Å²) in [6, 6.07) is 45.5. The van der Waals surface area contributed by atoms with Gasteiger partial charge in [0.15, 0.2) is 0 Å². The highest BCUT2D eigenvalue weighted by atomic mass is 79.9. The van der Waals surface area contributed by atoms with Gasteiger partial charge in [0.1, 0.15) is 23.1 Å². The van der Waals surface area contributed by atoms with E-state index in [1.807, 2.05) is 12.1 Å². The minimum absolute atomic E-state index is 0.227. The Hall–Kier alpha value is -5.36. The monoisotopic (exact) mass is 842 g/mol. The maximum Gasteiger partial charge on any atom is 0.488 e. The Balaban J connectivity index is 0.000000210. The molecule has 6 rings (SSSR count). The summed E-state index contributed by atoms with van der Waals surface area (Å²) < 4.78 is 1.07. The zero-order valence-electron chi connectivity index (χ0n) is 32.6. The van der Waals surface area contributed by atoms with Gasteiger partial charge in [0.25, 0.3) is 0 Å². The zero-order valence-corrected chi connectivity index (χ0v) is 34.2. The van der Waals surface area contributed by atoms with Crippen molar-refractivity contribution in [2.45, 2.75) is 64.5 Å². The third kappa shape index (κ3) is 16.6. The van der Waals surface area contributed by atoms with Crippen LogP contribution in [0.1, 0.15) is 59.1 Å². The smallest absolute Gasteiger partial charge is 0.488 e. The van der Waals surface area contributed by atoms with Gasteiger partial charge in [-0.3, -0.25) is 9.59 Å². The summed E-state index contributed by atoms with van der Waals surface area (Å²) in [5.41, 5.74) is 20.4. The van der Waals surface area contributed by atoms with Gasteiger partial charge in [0.2, 0.25) is 0 Å². The average molecular weight is 844 g/mol. The first kappa shape index (κ1) is 45.3. The van der Waals surface area contributed by atoms with E-state index in [1.165, 1.54) is 22.3 Å². The van der Waals surface area contributed by atoms with Crippen molar-refractivity contribution in [3.8, 4) is 22.6 Å². The van der Waals surface area contributed by atoms with Crippen LogP contribution in [-0.4, -0.2) is 38.9 Å². The quantitative estimate of drug-likeness (QED) is 0.0538. The predicted molar refractivity (Wildman–Crippen MR) is 238 cm³/mol. The second-order valence-electron chi connectivity index (χ2n) is 14.0. The molecule has 6 aromatic carbocycles. The topological polar surface area (TPSA) is 167 Å². The molecule has 6 aromatic rings. The van der Waals surface area contributed by atoms with E-state index in [-0.39, 0.29) is 23.1 Å². The van der Waals surface area contributed by atoms with Gasteiger partial charge in [-0.05, 0) is 112 Å². The van der Waals surface area contributed by atoms with Crippen LogP contribution in [0.3, 0.4) is 0 Å². The van der Waals surface area contributed by atoms with Gasteiger partial charge in [-0.2, -0.15) is 0 Å². The number of benzene rings is 6. The molecular weight excluding hydrogens is 791 g/mol. The molecule has 8 N–H and O–H groups in total. The standard InChI is InChI=1S/C24H25NO2.C17H17BrO2.C7H10BNO2/c25-17-20-6-12-22(13-7-20)21-10-4-18(5-11-21)2-1-3-24(27)16-19-8-14-23(26)15-9-19;18-15-8-4-13(5-9-15)2-1-3-17(20)12-14-6-10-16(19)11-7-14;9-5-6-1-3-7(4-2-6)8(10)11/h4-15,26H,1-3,16-17,25H2;4-11,19H,1-3,12H2;1-4,10-11H,5,9H2. The van der Waals surface area contributed by atoms with Gasteiger partial charge in [0.05, 0.1) is 0 Å². The van der Waals surface area contributed by atoms with Crippen molar-refractivity contribution in [3.05, 3.63) is 183 Å². The largest absolute Gasteiger partial charge is 0.508 e. The van der Waals surface area contributed by atoms with Crippen LogP contribution in [0.25, 0.3) is 11.1 Å². The Kier molecular flexibility index (Phi) is 19.1. The number of nitrogens with two attached hydrogens (primary N) is 2. The van der Waals surface area contributed by atoms with Gasteiger partial charge in [0, 0.05) is 43.2 Å². The fourth-order valence-corrected chi connectivity index (χ4v) is 6.28. The molecule has 0 aliphatic carbocycles. The number of Topliss-reactive ketones (excluding diaryl/α,β-unsaturated/α-hetero) is 2. The van der Waals surface area contributed by atoms with Crippen LogP contribution >= 0.6 is 15.9 Å². The molecule has 0 radical (unpaired) electrons. The number of aryl methyl sites for hydroxylation is 2. The second kappa shape index (κ2) is 24.4. The molecule has 0 saturated heterocycles. The van der Waals surface area contributed by atoms with Crippen LogP contribution < -0.4 is 16.9 Å². The van der Waals surface area contributed by atoms with Crippen LogP contribution in [0.5, 0.6) is 11.5 Å². The van der Waals surface area contributed by atoms with Crippen LogP contribution in [0.15, 0.2) is 150 Å². The summed E-state index contributed by atoms with van der Waals surface area (Å²) in [6.07, 6.45) is 5.58. The Labute approximate surface area is 350 Å². The van der Waals surface area contributed by atoms with Gasteiger partial charge in [-0.25, -0.2) is 0 Å². The van der Waals surface area contributed by atoms with Crippen molar-refractivity contribution >= 4 is 40.1 Å². The number of phenols is 2. The van der Waals surface area contributed by atoms with Crippen LogP contribution in [0, 0.1) is 0 Å². The van der Waals surface area contributed by atoms with Gasteiger partial charge < -0.3 is 31.7 Å². The summed E-state index contributed by atoms with van der Waals surface area (Å²) in [5.74, 6) is 0.937. The highest BCUT2D eigenvalue weighted by Crippen LogP contribution is 2.21. The first-order valence-electron chi connectivity index (χ1n) is 19.4. The van der Waals surface area contributed by atoms with E-state index in [9.17, 15) is 19.8 Å². The predicted octanol–water partition coefficient (Wildman–Crippen LogP) is 7.77. The lowest BCUT2D eigenvalue weighted by molar-refractivity contribution is -0.119. The third-order valence-corrected chi connectivity index (χ3v) is 9.95. The first-order chi connectivity index (χ1) is 28.0. The molecule has 0 aliphatic heterocycles. The highest BCUT2D eigenvalue weighted by Gasteiger charge is 2.09. The molecule has 8 nitrogen and oxygen atoms in total. The molecular formula is C48H52BBrN2O6. The molecule has 0 saturated carbocycles. The van der Waals surface area contributed by atoms with Crippen molar-refractivity contribution in [2.75, 3.05) is 0 Å². The maximum atomic E-state index is 12.1. The van der Waals surface area contributed by atoms with Crippen molar-refractivity contribution in [1.29, 1.82) is 0 Å². The molecule has 0 atom stereocenters. The minimum Gasteiger partial charge on any atom is -0.508 e. The lowest BCUT2D eigenvalue weighted by Gasteiger charge is -2.06. The van der Waals surface area contributed by atoms with Crippen molar-refractivity contribution in [3.63, 3.8) is 0 Å². The molecule has 10 heteroatoms. The fourth-order valence-electron chi connectivity index (χ4n) is 6.01. The van der Waals surface area contributed by atoms with Crippen LogP contribution in [0.4, 0.5) is 0 Å². The molecule has 58 heavy (non-hydrogen) atoms. The van der Waals surface area contributed by atoms with E-state index in [4.69, 9.17) is 21.5 Å². The highest BCUT2D eigenvalue weighted by molar-refractivity contribution is 9.10.